The van der Waals surface area contributed by atoms with Gasteiger partial charge in [0.25, 0.3) is 5.91 Å². The number of nitrogens with zero attached hydrogens (tertiary/aromatic N) is 1. The highest BCUT2D eigenvalue weighted by Gasteiger charge is 2.16. The van der Waals surface area contributed by atoms with E-state index >= 15 is 0 Å². The van der Waals surface area contributed by atoms with Gasteiger partial charge in [0, 0.05) is 13.2 Å². The zero-order valence-corrected chi connectivity index (χ0v) is 12.2. The highest BCUT2D eigenvalue weighted by Crippen LogP contribution is 2.12. The summed E-state index contributed by atoms with van der Waals surface area (Å²) in [5.41, 5.74) is 1.46. The first kappa shape index (κ1) is 18.0. The van der Waals surface area contributed by atoms with Gasteiger partial charge in [0.1, 0.15) is 5.71 Å². The maximum absolute atomic E-state index is 11.6. The number of carbonyl (C=O) groups is 1. The maximum atomic E-state index is 11.6. The second-order valence-corrected chi connectivity index (χ2v) is 3.44. The largest absolute Gasteiger partial charge is 0.354 e. The van der Waals surface area contributed by atoms with E-state index in [4.69, 9.17) is 0 Å². The van der Waals surface area contributed by atoms with Gasteiger partial charge in [0.2, 0.25) is 0 Å². The number of allylic oxidation sites excluding steroid dienone is 2. The van der Waals surface area contributed by atoms with Gasteiger partial charge in [-0.05, 0) is 25.3 Å². The van der Waals surface area contributed by atoms with E-state index in [0.717, 1.165) is 5.57 Å². The third kappa shape index (κ3) is 6.72. The normalized spacial score (nSPS) is 12.5. The summed E-state index contributed by atoms with van der Waals surface area (Å²) in [6.45, 7) is 11.9. The van der Waals surface area contributed by atoms with Crippen molar-refractivity contribution in [2.24, 2.45) is 10.9 Å². The molecule has 3 nitrogen and oxygen atoms in total. The fourth-order valence-corrected chi connectivity index (χ4v) is 1.28. The number of amides is 1. The second kappa shape index (κ2) is 11.1. The third-order valence-electron chi connectivity index (χ3n) is 2.00. The van der Waals surface area contributed by atoms with Crippen LogP contribution in [0.2, 0.25) is 0 Å². The zero-order valence-electron chi connectivity index (χ0n) is 12.2. The van der Waals surface area contributed by atoms with E-state index in [1.807, 2.05) is 47.6 Å². The lowest BCUT2D eigenvalue weighted by molar-refractivity contribution is -0.114. The van der Waals surface area contributed by atoms with Crippen LogP contribution in [-0.2, 0) is 4.79 Å². The smallest absolute Gasteiger partial charge is 0.269 e. The summed E-state index contributed by atoms with van der Waals surface area (Å²) in [5.74, 6) is 0.145. The molecule has 98 valence electrons. The van der Waals surface area contributed by atoms with Crippen LogP contribution in [0.25, 0.3) is 0 Å². The molecule has 1 N–H and O–H groups in total. The van der Waals surface area contributed by atoms with E-state index in [1.54, 1.807) is 19.3 Å². The molecule has 0 aliphatic rings. The molecule has 0 aliphatic heterocycles. The van der Waals surface area contributed by atoms with Crippen molar-refractivity contribution in [3.05, 3.63) is 23.9 Å². The molecule has 0 aromatic rings. The van der Waals surface area contributed by atoms with Crippen LogP contribution in [0.15, 0.2) is 28.9 Å². The van der Waals surface area contributed by atoms with Gasteiger partial charge in [-0.15, -0.1) is 0 Å². The van der Waals surface area contributed by atoms with E-state index in [1.165, 1.54) is 0 Å². The van der Waals surface area contributed by atoms with E-state index < -0.39 is 0 Å². The van der Waals surface area contributed by atoms with Crippen LogP contribution in [0.3, 0.4) is 0 Å². The lowest BCUT2D eigenvalue weighted by atomic mass is 9.97. The van der Waals surface area contributed by atoms with Crippen molar-refractivity contribution in [1.29, 1.82) is 0 Å². The van der Waals surface area contributed by atoms with E-state index in [2.05, 4.69) is 10.3 Å². The minimum atomic E-state index is -0.144. The topological polar surface area (TPSA) is 41.5 Å². The predicted molar refractivity (Wildman–Crippen MR) is 76.3 cm³/mol. The summed E-state index contributed by atoms with van der Waals surface area (Å²) in [6, 6.07) is 0. The fraction of sp³-hybridized carbons (Fsp3) is 0.571. The summed E-state index contributed by atoms with van der Waals surface area (Å²) in [4.78, 5) is 15.8. The van der Waals surface area contributed by atoms with Crippen molar-refractivity contribution in [3.63, 3.8) is 0 Å². The Morgan fingerprint density at radius 3 is 2.06 bits per heavy atom. The Morgan fingerprint density at radius 1 is 1.24 bits per heavy atom. The second-order valence-electron chi connectivity index (χ2n) is 3.44. The molecule has 0 rings (SSSR count). The molecule has 0 spiro atoms. The molecule has 0 unspecified atom stereocenters. The molecular formula is C14H26N2O. The zero-order chi connectivity index (χ0) is 13.8. The molecule has 0 fully saturated rings. The van der Waals surface area contributed by atoms with Gasteiger partial charge in [0.15, 0.2) is 0 Å². The average Bonchev–Trinajstić information content (AvgIpc) is 2.35. The van der Waals surface area contributed by atoms with Gasteiger partial charge < -0.3 is 5.32 Å². The molecule has 3 heteroatoms. The Hall–Kier alpha value is -1.38. The van der Waals surface area contributed by atoms with E-state index in [-0.39, 0.29) is 11.8 Å². The van der Waals surface area contributed by atoms with Crippen molar-refractivity contribution in [1.82, 2.24) is 5.32 Å². The number of rotatable bonds is 4. The number of aliphatic imine (C=N–C) groups is 1. The van der Waals surface area contributed by atoms with Gasteiger partial charge in [-0.25, -0.2) is 0 Å². The standard InChI is InChI=1S/C12H20N2O.C2H6/c1-6-8-14-11(12(15)13-5)10(7-2)9(3)4;1-2/h6-9H,1-5H3,(H,13,15);1-2H3/b8-6-,10-7-,14-11+;. The summed E-state index contributed by atoms with van der Waals surface area (Å²) in [7, 11) is 1.61. The summed E-state index contributed by atoms with van der Waals surface area (Å²) >= 11 is 0. The molecule has 17 heavy (non-hydrogen) atoms. The Bertz CT molecular complexity index is 299. The molecule has 0 saturated carbocycles. The van der Waals surface area contributed by atoms with Crippen LogP contribution in [0.5, 0.6) is 0 Å². The quantitative estimate of drug-likeness (QED) is 0.750. The molecule has 1 amide bonds. The number of hydrogen-bond acceptors (Lipinski definition) is 2. The molecule has 0 aromatic heterocycles. The first-order valence-corrected chi connectivity index (χ1v) is 6.16. The van der Waals surface area contributed by atoms with Gasteiger partial charge in [0.05, 0.1) is 0 Å². The first-order valence-electron chi connectivity index (χ1n) is 6.16. The van der Waals surface area contributed by atoms with Gasteiger partial charge in [-0.1, -0.05) is 39.8 Å². The number of carbonyl (C=O) groups excluding carboxylic acids is 1. The van der Waals surface area contributed by atoms with Gasteiger partial charge in [-0.3, -0.25) is 9.79 Å². The Labute approximate surface area is 106 Å². The number of nitrogens with one attached hydrogen (secondary N) is 1. The van der Waals surface area contributed by atoms with Crippen LogP contribution >= 0.6 is 0 Å². The highest BCUT2D eigenvalue weighted by molar-refractivity contribution is 6.45. The van der Waals surface area contributed by atoms with Crippen LogP contribution in [-0.4, -0.2) is 18.7 Å². The van der Waals surface area contributed by atoms with E-state index in [9.17, 15) is 4.79 Å². The Balaban J connectivity index is 0. The lowest BCUT2D eigenvalue weighted by Crippen LogP contribution is -2.30. The monoisotopic (exact) mass is 238 g/mol. The lowest BCUT2D eigenvalue weighted by Gasteiger charge is -2.12. The van der Waals surface area contributed by atoms with Crippen LogP contribution in [0.1, 0.15) is 41.5 Å². The molecular weight excluding hydrogens is 212 g/mol. The molecule has 0 aromatic carbocycles. The Kier molecular flexibility index (Phi) is 11.8. The van der Waals surface area contributed by atoms with Crippen molar-refractivity contribution in [2.75, 3.05) is 7.05 Å². The van der Waals surface area contributed by atoms with Crippen molar-refractivity contribution in [3.8, 4) is 0 Å². The van der Waals surface area contributed by atoms with Crippen LogP contribution < -0.4 is 5.32 Å². The first-order chi connectivity index (χ1) is 8.08. The molecule has 0 radical (unpaired) electrons. The summed E-state index contributed by atoms with van der Waals surface area (Å²) in [5, 5.41) is 2.60. The van der Waals surface area contributed by atoms with Crippen molar-refractivity contribution >= 4 is 11.6 Å². The highest BCUT2D eigenvalue weighted by atomic mass is 16.1. The summed E-state index contributed by atoms with van der Waals surface area (Å²) in [6.07, 6.45) is 5.37. The minimum Gasteiger partial charge on any atom is -0.354 e. The van der Waals surface area contributed by atoms with Gasteiger partial charge in [-0.2, -0.15) is 0 Å². The molecule has 0 atom stereocenters. The molecule has 0 saturated heterocycles. The van der Waals surface area contributed by atoms with Crippen LogP contribution in [0, 0.1) is 5.92 Å². The SMILES string of the molecule is CC.C\C=C/N=C(C(=O)NC)\C(=C/C)C(C)C. The predicted octanol–water partition coefficient (Wildman–Crippen LogP) is 3.34. The molecule has 0 bridgehead atoms. The van der Waals surface area contributed by atoms with E-state index in [0.29, 0.717) is 5.71 Å². The summed E-state index contributed by atoms with van der Waals surface area (Å²) < 4.78 is 0. The maximum Gasteiger partial charge on any atom is 0.269 e. The van der Waals surface area contributed by atoms with Crippen molar-refractivity contribution < 1.29 is 4.79 Å². The minimum absolute atomic E-state index is 0.144. The Morgan fingerprint density at radius 2 is 1.76 bits per heavy atom. The fourth-order valence-electron chi connectivity index (χ4n) is 1.28. The number of hydrogen-bond donors (Lipinski definition) is 1. The molecule has 0 aliphatic carbocycles. The third-order valence-corrected chi connectivity index (χ3v) is 2.00. The average molecular weight is 238 g/mol. The molecule has 0 heterocycles. The van der Waals surface area contributed by atoms with Crippen LogP contribution in [0.4, 0.5) is 0 Å². The van der Waals surface area contributed by atoms with Crippen molar-refractivity contribution in [2.45, 2.75) is 41.5 Å². The van der Waals surface area contributed by atoms with Gasteiger partial charge >= 0.3 is 0 Å².